The number of ether oxygens (including phenoxy) is 1. The van der Waals surface area contributed by atoms with Gasteiger partial charge in [0, 0.05) is 13.1 Å². The molecule has 1 aliphatic carbocycles. The summed E-state index contributed by atoms with van der Waals surface area (Å²) in [6.45, 7) is 2.38. The maximum absolute atomic E-state index is 11.8. The molecule has 1 fully saturated rings. The molecule has 0 saturated heterocycles. The minimum Gasteiger partial charge on any atom is -0.409 e. The SMILES string of the molecule is CN(C)CCOCCNC(=O)C1(C(N)=NO)CC1. The van der Waals surface area contributed by atoms with Gasteiger partial charge in [-0.1, -0.05) is 5.16 Å². The average Bonchev–Trinajstić information content (AvgIpc) is 3.13. The lowest BCUT2D eigenvalue weighted by Crippen LogP contribution is -2.41. The average molecular weight is 258 g/mol. The van der Waals surface area contributed by atoms with E-state index >= 15 is 0 Å². The highest BCUT2D eigenvalue weighted by Crippen LogP contribution is 2.45. The van der Waals surface area contributed by atoms with Gasteiger partial charge in [-0.15, -0.1) is 0 Å². The third kappa shape index (κ3) is 3.85. The molecular weight excluding hydrogens is 236 g/mol. The number of carbonyl (C=O) groups is 1. The van der Waals surface area contributed by atoms with Crippen LogP contribution in [0.15, 0.2) is 5.16 Å². The molecule has 0 heterocycles. The first-order valence-electron chi connectivity index (χ1n) is 6.02. The van der Waals surface area contributed by atoms with E-state index in [-0.39, 0.29) is 11.7 Å². The van der Waals surface area contributed by atoms with Gasteiger partial charge in [-0.3, -0.25) is 4.79 Å². The van der Waals surface area contributed by atoms with Gasteiger partial charge in [0.1, 0.15) is 5.41 Å². The molecule has 1 saturated carbocycles. The minimum absolute atomic E-state index is 0.00599. The molecule has 104 valence electrons. The van der Waals surface area contributed by atoms with Gasteiger partial charge in [-0.2, -0.15) is 0 Å². The lowest BCUT2D eigenvalue weighted by Gasteiger charge is -2.14. The number of hydrogen-bond acceptors (Lipinski definition) is 5. The molecule has 7 heteroatoms. The number of rotatable bonds is 8. The molecule has 1 aliphatic rings. The lowest BCUT2D eigenvalue weighted by molar-refractivity contribution is -0.124. The largest absolute Gasteiger partial charge is 0.409 e. The van der Waals surface area contributed by atoms with Crippen molar-refractivity contribution in [1.82, 2.24) is 10.2 Å². The van der Waals surface area contributed by atoms with Crippen LogP contribution in [0.4, 0.5) is 0 Å². The van der Waals surface area contributed by atoms with Gasteiger partial charge >= 0.3 is 0 Å². The number of amidine groups is 1. The molecule has 0 bridgehead atoms. The van der Waals surface area contributed by atoms with Gasteiger partial charge in [0.2, 0.25) is 5.91 Å². The number of hydrogen-bond donors (Lipinski definition) is 3. The first-order valence-corrected chi connectivity index (χ1v) is 6.02. The normalized spacial score (nSPS) is 17.8. The van der Waals surface area contributed by atoms with Crippen molar-refractivity contribution in [2.45, 2.75) is 12.8 Å². The van der Waals surface area contributed by atoms with E-state index in [1.54, 1.807) is 0 Å². The van der Waals surface area contributed by atoms with Gasteiger partial charge in [-0.05, 0) is 26.9 Å². The van der Waals surface area contributed by atoms with E-state index in [4.69, 9.17) is 15.7 Å². The van der Waals surface area contributed by atoms with E-state index in [0.717, 1.165) is 6.54 Å². The molecule has 1 amide bonds. The van der Waals surface area contributed by atoms with Crippen LogP contribution >= 0.6 is 0 Å². The number of nitrogens with one attached hydrogen (secondary N) is 1. The summed E-state index contributed by atoms with van der Waals surface area (Å²) in [6.07, 6.45) is 1.27. The van der Waals surface area contributed by atoms with Crippen LogP contribution in [-0.2, 0) is 9.53 Å². The van der Waals surface area contributed by atoms with Crippen molar-refractivity contribution in [2.24, 2.45) is 16.3 Å². The Hall–Kier alpha value is -1.34. The van der Waals surface area contributed by atoms with Crippen LogP contribution in [0.1, 0.15) is 12.8 Å². The zero-order valence-corrected chi connectivity index (χ0v) is 11.0. The van der Waals surface area contributed by atoms with E-state index in [0.29, 0.717) is 32.6 Å². The van der Waals surface area contributed by atoms with Crippen LogP contribution in [0.2, 0.25) is 0 Å². The third-order valence-electron chi connectivity index (χ3n) is 3.00. The summed E-state index contributed by atoms with van der Waals surface area (Å²) >= 11 is 0. The van der Waals surface area contributed by atoms with Crippen molar-refractivity contribution >= 4 is 11.7 Å². The van der Waals surface area contributed by atoms with Crippen LogP contribution < -0.4 is 11.1 Å². The fourth-order valence-corrected chi connectivity index (χ4v) is 1.58. The maximum Gasteiger partial charge on any atom is 0.234 e. The standard InChI is InChI=1S/C11H22N4O3/c1-15(2)6-8-18-7-5-13-10(16)11(3-4-11)9(12)14-17/h17H,3-8H2,1-2H3,(H2,12,14)(H,13,16). The number of carbonyl (C=O) groups excluding carboxylic acids is 1. The minimum atomic E-state index is -0.779. The Bertz CT molecular complexity index is 313. The summed E-state index contributed by atoms with van der Waals surface area (Å²) in [7, 11) is 3.94. The number of likely N-dealkylation sites (N-methyl/N-ethyl adjacent to an activating group) is 1. The first kappa shape index (κ1) is 14.7. The Kier molecular flexibility index (Phi) is 5.36. The van der Waals surface area contributed by atoms with Crippen LogP contribution in [0.25, 0.3) is 0 Å². The van der Waals surface area contributed by atoms with E-state index in [1.165, 1.54) is 0 Å². The van der Waals surface area contributed by atoms with E-state index in [1.807, 2.05) is 19.0 Å². The molecule has 18 heavy (non-hydrogen) atoms. The molecule has 0 spiro atoms. The molecule has 0 unspecified atom stereocenters. The molecule has 7 nitrogen and oxygen atoms in total. The molecule has 1 rings (SSSR count). The Labute approximate surface area is 107 Å². The molecule has 4 N–H and O–H groups in total. The highest BCUT2D eigenvalue weighted by molar-refractivity contribution is 6.09. The van der Waals surface area contributed by atoms with Gasteiger partial charge in [0.25, 0.3) is 0 Å². The fourth-order valence-electron chi connectivity index (χ4n) is 1.58. The van der Waals surface area contributed by atoms with Crippen molar-refractivity contribution in [3.8, 4) is 0 Å². The number of amides is 1. The second kappa shape index (κ2) is 6.55. The fraction of sp³-hybridized carbons (Fsp3) is 0.818. The molecule has 0 aromatic heterocycles. The van der Waals surface area contributed by atoms with Crippen LogP contribution in [0.3, 0.4) is 0 Å². The maximum atomic E-state index is 11.8. The summed E-state index contributed by atoms with van der Waals surface area (Å²) < 4.78 is 5.35. The third-order valence-corrected chi connectivity index (χ3v) is 3.00. The smallest absolute Gasteiger partial charge is 0.234 e. The highest BCUT2D eigenvalue weighted by Gasteiger charge is 2.54. The van der Waals surface area contributed by atoms with Crippen molar-refractivity contribution in [2.75, 3.05) is 40.4 Å². The van der Waals surface area contributed by atoms with Gasteiger partial charge in [0.15, 0.2) is 5.84 Å². The van der Waals surface area contributed by atoms with Crippen molar-refractivity contribution in [1.29, 1.82) is 0 Å². The number of oxime groups is 1. The topological polar surface area (TPSA) is 100 Å². The van der Waals surface area contributed by atoms with E-state index in [9.17, 15) is 4.79 Å². The lowest BCUT2D eigenvalue weighted by atomic mass is 10.1. The summed E-state index contributed by atoms with van der Waals surface area (Å²) in [5, 5.41) is 14.3. The Balaban J connectivity index is 2.15. The highest BCUT2D eigenvalue weighted by atomic mass is 16.5. The summed E-state index contributed by atoms with van der Waals surface area (Å²) in [5.41, 5.74) is 4.72. The Morgan fingerprint density at radius 2 is 2.17 bits per heavy atom. The quantitative estimate of drug-likeness (QED) is 0.174. The van der Waals surface area contributed by atoms with Gasteiger partial charge in [0.05, 0.1) is 13.2 Å². The second-order valence-electron chi connectivity index (χ2n) is 4.74. The van der Waals surface area contributed by atoms with E-state index in [2.05, 4.69) is 10.5 Å². The summed E-state index contributed by atoms with van der Waals surface area (Å²) in [4.78, 5) is 13.8. The molecule has 0 radical (unpaired) electrons. The molecule has 0 aromatic rings. The summed E-state index contributed by atoms with van der Waals surface area (Å²) in [5.74, 6) is -0.192. The second-order valence-corrected chi connectivity index (χ2v) is 4.74. The Morgan fingerprint density at radius 1 is 1.50 bits per heavy atom. The molecule has 0 aliphatic heterocycles. The van der Waals surface area contributed by atoms with Crippen LogP contribution in [0, 0.1) is 5.41 Å². The van der Waals surface area contributed by atoms with Gasteiger partial charge < -0.3 is 25.9 Å². The van der Waals surface area contributed by atoms with E-state index < -0.39 is 5.41 Å². The number of nitrogens with two attached hydrogens (primary N) is 1. The zero-order valence-electron chi connectivity index (χ0n) is 11.0. The molecular formula is C11H22N4O3. The predicted molar refractivity (Wildman–Crippen MR) is 67.5 cm³/mol. The first-order chi connectivity index (χ1) is 8.53. The van der Waals surface area contributed by atoms with Crippen molar-refractivity contribution in [3.63, 3.8) is 0 Å². The van der Waals surface area contributed by atoms with Gasteiger partial charge in [-0.25, -0.2) is 0 Å². The monoisotopic (exact) mass is 258 g/mol. The van der Waals surface area contributed by atoms with Crippen molar-refractivity contribution < 1.29 is 14.7 Å². The summed E-state index contributed by atoms with van der Waals surface area (Å²) in [6, 6.07) is 0. The van der Waals surface area contributed by atoms with Crippen molar-refractivity contribution in [3.05, 3.63) is 0 Å². The Morgan fingerprint density at radius 3 is 2.67 bits per heavy atom. The molecule has 0 atom stereocenters. The predicted octanol–water partition coefficient (Wildman–Crippen LogP) is -0.793. The number of nitrogens with zero attached hydrogens (tertiary/aromatic N) is 2. The molecule has 0 aromatic carbocycles. The zero-order chi connectivity index (χ0) is 13.6. The van der Waals surface area contributed by atoms with Crippen LogP contribution in [-0.4, -0.2) is 62.2 Å². The van der Waals surface area contributed by atoms with Crippen LogP contribution in [0.5, 0.6) is 0 Å².